The summed E-state index contributed by atoms with van der Waals surface area (Å²) in [6.07, 6.45) is 3.55. The van der Waals surface area contributed by atoms with Crippen molar-refractivity contribution in [2.75, 3.05) is 11.9 Å². The van der Waals surface area contributed by atoms with Gasteiger partial charge in [-0.25, -0.2) is 0 Å². The number of likely N-dealkylation sites (N-methyl/N-ethyl adjacent to an activating group) is 1. The zero-order chi connectivity index (χ0) is 15.4. The molecule has 0 bridgehead atoms. The van der Waals surface area contributed by atoms with E-state index in [-0.39, 0.29) is 11.9 Å². The number of nitrogens with one attached hydrogen (secondary N) is 1. The number of hydrogen-bond acceptors (Lipinski definition) is 3. The van der Waals surface area contributed by atoms with E-state index in [4.69, 9.17) is 0 Å². The highest BCUT2D eigenvalue weighted by molar-refractivity contribution is 5.96. The maximum absolute atomic E-state index is 12.6. The van der Waals surface area contributed by atoms with Gasteiger partial charge in [0.2, 0.25) is 5.91 Å². The minimum absolute atomic E-state index is 0.0859. The van der Waals surface area contributed by atoms with E-state index in [1.165, 1.54) is 5.56 Å². The zero-order valence-corrected chi connectivity index (χ0v) is 12.8. The van der Waals surface area contributed by atoms with Gasteiger partial charge < -0.3 is 5.32 Å². The first-order valence-corrected chi connectivity index (χ1v) is 7.80. The minimum Gasteiger partial charge on any atom is -0.324 e. The number of aryl methyl sites for hydroxylation is 1. The molecular weight excluding hydrogens is 274 g/mol. The first kappa shape index (κ1) is 14.7. The lowest BCUT2D eigenvalue weighted by atomic mass is 10.0. The molecule has 0 radical (unpaired) electrons. The van der Waals surface area contributed by atoms with Crippen molar-refractivity contribution in [3.05, 3.63) is 59.9 Å². The highest BCUT2D eigenvalue weighted by atomic mass is 16.2. The molecule has 0 aliphatic carbocycles. The number of para-hydroxylation sites is 1. The van der Waals surface area contributed by atoms with Crippen LogP contribution in [0.4, 0.5) is 5.69 Å². The fraction of sp³-hybridized carbons (Fsp3) is 0.333. The number of anilines is 1. The zero-order valence-electron chi connectivity index (χ0n) is 12.8. The number of carbonyl (C=O) groups is 1. The van der Waals surface area contributed by atoms with Crippen LogP contribution in [0.5, 0.6) is 0 Å². The highest BCUT2D eigenvalue weighted by Gasteiger charge is 2.28. The van der Waals surface area contributed by atoms with Crippen molar-refractivity contribution in [2.24, 2.45) is 0 Å². The lowest BCUT2D eigenvalue weighted by molar-refractivity contribution is -0.121. The van der Waals surface area contributed by atoms with E-state index in [0.717, 1.165) is 30.8 Å². The van der Waals surface area contributed by atoms with Gasteiger partial charge in [0.1, 0.15) is 0 Å². The molecule has 1 aliphatic heterocycles. The van der Waals surface area contributed by atoms with Crippen LogP contribution < -0.4 is 5.32 Å². The van der Waals surface area contributed by atoms with E-state index in [2.05, 4.69) is 28.2 Å². The maximum atomic E-state index is 12.6. The molecule has 1 N–H and O–H groups in total. The second-order valence-electron chi connectivity index (χ2n) is 5.59. The van der Waals surface area contributed by atoms with Crippen LogP contribution in [0, 0.1) is 0 Å². The summed E-state index contributed by atoms with van der Waals surface area (Å²) in [6, 6.07) is 13.8. The molecule has 22 heavy (non-hydrogen) atoms. The van der Waals surface area contributed by atoms with Crippen LogP contribution in [-0.4, -0.2) is 28.4 Å². The number of carbonyl (C=O) groups excluding carboxylic acids is 1. The van der Waals surface area contributed by atoms with Gasteiger partial charge in [-0.2, -0.15) is 0 Å². The Morgan fingerprint density at radius 1 is 1.23 bits per heavy atom. The molecule has 0 saturated heterocycles. The molecule has 1 aromatic carbocycles. The second-order valence-corrected chi connectivity index (χ2v) is 5.59. The molecule has 1 aliphatic rings. The standard InChI is InChI=1S/C18H21N3O/c1-2-21(13-15-8-5-6-12-19-15)17-11-10-14-7-3-4-9-16(14)20-18(17)22/h3-9,12,17H,2,10-11,13H2,1H3,(H,20,22)/t17-/m1/s1. The van der Waals surface area contributed by atoms with E-state index < -0.39 is 0 Å². The van der Waals surface area contributed by atoms with Crippen molar-refractivity contribution >= 4 is 11.6 Å². The smallest absolute Gasteiger partial charge is 0.241 e. The van der Waals surface area contributed by atoms with Crippen LogP contribution in [-0.2, 0) is 17.8 Å². The van der Waals surface area contributed by atoms with E-state index in [1.807, 2.05) is 36.4 Å². The van der Waals surface area contributed by atoms with Crippen molar-refractivity contribution in [3.8, 4) is 0 Å². The van der Waals surface area contributed by atoms with Crippen LogP contribution in [0.1, 0.15) is 24.6 Å². The van der Waals surface area contributed by atoms with Gasteiger partial charge in [0.25, 0.3) is 0 Å². The van der Waals surface area contributed by atoms with Crippen molar-refractivity contribution in [3.63, 3.8) is 0 Å². The largest absolute Gasteiger partial charge is 0.324 e. The number of pyridine rings is 1. The Morgan fingerprint density at radius 2 is 2.05 bits per heavy atom. The van der Waals surface area contributed by atoms with Gasteiger partial charge in [-0.05, 0) is 43.1 Å². The quantitative estimate of drug-likeness (QED) is 0.943. The summed E-state index contributed by atoms with van der Waals surface area (Å²) in [5, 5.41) is 3.07. The minimum atomic E-state index is -0.112. The third-order valence-corrected chi connectivity index (χ3v) is 4.20. The van der Waals surface area contributed by atoms with Crippen LogP contribution in [0.2, 0.25) is 0 Å². The molecule has 2 heterocycles. The van der Waals surface area contributed by atoms with E-state index in [1.54, 1.807) is 6.20 Å². The maximum Gasteiger partial charge on any atom is 0.241 e. The molecule has 114 valence electrons. The lowest BCUT2D eigenvalue weighted by Crippen LogP contribution is -2.43. The third kappa shape index (κ3) is 3.17. The fourth-order valence-electron chi connectivity index (χ4n) is 2.99. The Balaban J connectivity index is 1.77. The van der Waals surface area contributed by atoms with Crippen LogP contribution in [0.25, 0.3) is 0 Å². The second kappa shape index (κ2) is 6.71. The van der Waals surface area contributed by atoms with Gasteiger partial charge in [-0.15, -0.1) is 0 Å². The number of fused-ring (bicyclic) bond motifs is 1. The molecule has 2 aromatic rings. The molecule has 0 spiro atoms. The summed E-state index contributed by atoms with van der Waals surface area (Å²) in [4.78, 5) is 19.2. The molecule has 1 aromatic heterocycles. The fourth-order valence-corrected chi connectivity index (χ4v) is 2.99. The number of benzene rings is 1. The Hall–Kier alpha value is -2.20. The van der Waals surface area contributed by atoms with E-state index in [9.17, 15) is 4.79 Å². The summed E-state index contributed by atoms with van der Waals surface area (Å²) in [5.74, 6) is 0.0859. The third-order valence-electron chi connectivity index (χ3n) is 4.20. The number of aromatic nitrogens is 1. The normalized spacial score (nSPS) is 17.7. The lowest BCUT2D eigenvalue weighted by Gasteiger charge is -2.28. The topological polar surface area (TPSA) is 45.2 Å². The summed E-state index contributed by atoms with van der Waals surface area (Å²) >= 11 is 0. The number of amides is 1. The Labute approximate surface area is 131 Å². The van der Waals surface area contributed by atoms with Crippen LogP contribution in [0.3, 0.4) is 0 Å². The predicted molar refractivity (Wildman–Crippen MR) is 87.5 cm³/mol. The molecule has 0 unspecified atom stereocenters. The van der Waals surface area contributed by atoms with Crippen molar-refractivity contribution < 1.29 is 4.79 Å². The van der Waals surface area contributed by atoms with Crippen LogP contribution >= 0.6 is 0 Å². The molecule has 0 fully saturated rings. The van der Waals surface area contributed by atoms with Crippen molar-refractivity contribution in [2.45, 2.75) is 32.4 Å². The van der Waals surface area contributed by atoms with Gasteiger partial charge >= 0.3 is 0 Å². The average molecular weight is 295 g/mol. The molecule has 4 heteroatoms. The van der Waals surface area contributed by atoms with Crippen molar-refractivity contribution in [1.29, 1.82) is 0 Å². The Kier molecular flexibility index (Phi) is 4.49. The predicted octanol–water partition coefficient (Wildman–Crippen LogP) is 2.86. The van der Waals surface area contributed by atoms with Gasteiger partial charge in [0.05, 0.1) is 11.7 Å². The Morgan fingerprint density at radius 3 is 2.82 bits per heavy atom. The number of nitrogens with zero attached hydrogens (tertiary/aromatic N) is 2. The molecule has 1 amide bonds. The molecule has 4 nitrogen and oxygen atoms in total. The first-order chi connectivity index (χ1) is 10.8. The van der Waals surface area contributed by atoms with Gasteiger partial charge in [-0.1, -0.05) is 31.2 Å². The summed E-state index contributed by atoms with van der Waals surface area (Å²) < 4.78 is 0. The Bertz CT molecular complexity index is 642. The highest BCUT2D eigenvalue weighted by Crippen LogP contribution is 2.24. The number of hydrogen-bond donors (Lipinski definition) is 1. The average Bonchev–Trinajstić information content (AvgIpc) is 2.72. The monoisotopic (exact) mass is 295 g/mol. The molecule has 3 rings (SSSR count). The van der Waals surface area contributed by atoms with E-state index >= 15 is 0 Å². The van der Waals surface area contributed by atoms with Crippen LogP contribution in [0.15, 0.2) is 48.7 Å². The van der Waals surface area contributed by atoms with Gasteiger partial charge in [-0.3, -0.25) is 14.7 Å². The SMILES string of the molecule is CCN(Cc1ccccn1)[C@@H]1CCc2ccccc2NC1=O. The summed E-state index contributed by atoms with van der Waals surface area (Å²) in [6.45, 7) is 3.62. The number of rotatable bonds is 4. The van der Waals surface area contributed by atoms with Crippen molar-refractivity contribution in [1.82, 2.24) is 9.88 Å². The molecular formula is C18H21N3O. The van der Waals surface area contributed by atoms with Gasteiger partial charge in [0.15, 0.2) is 0 Å². The van der Waals surface area contributed by atoms with E-state index in [0.29, 0.717) is 6.54 Å². The molecule has 0 saturated carbocycles. The van der Waals surface area contributed by atoms with Gasteiger partial charge in [0, 0.05) is 18.4 Å². The summed E-state index contributed by atoms with van der Waals surface area (Å²) in [7, 11) is 0. The summed E-state index contributed by atoms with van der Waals surface area (Å²) in [5.41, 5.74) is 3.16. The first-order valence-electron chi connectivity index (χ1n) is 7.80. The molecule has 1 atom stereocenters.